The Hall–Kier alpha value is -1.86. The first kappa shape index (κ1) is 19.5. The van der Waals surface area contributed by atoms with Gasteiger partial charge in [0.15, 0.2) is 5.96 Å². The fourth-order valence-electron chi connectivity index (χ4n) is 2.49. The summed E-state index contributed by atoms with van der Waals surface area (Å²) in [5.74, 6) is 0.930. The molecule has 0 spiro atoms. The number of nitrogens with zero attached hydrogens (tertiary/aromatic N) is 1. The zero-order valence-electron chi connectivity index (χ0n) is 14.8. The molecule has 140 valence electrons. The van der Waals surface area contributed by atoms with Gasteiger partial charge < -0.3 is 24.8 Å². The Balaban J connectivity index is 1.47. The van der Waals surface area contributed by atoms with Crippen molar-refractivity contribution < 1.29 is 18.6 Å². The number of aliphatic imine (C=N–C) groups is 1. The third-order valence-electron chi connectivity index (χ3n) is 3.77. The van der Waals surface area contributed by atoms with Crippen LogP contribution in [0.1, 0.15) is 19.3 Å². The van der Waals surface area contributed by atoms with Gasteiger partial charge in [-0.25, -0.2) is 4.39 Å². The average molecular weight is 353 g/mol. The van der Waals surface area contributed by atoms with Crippen molar-refractivity contribution >= 4 is 5.96 Å². The summed E-state index contributed by atoms with van der Waals surface area (Å²) in [6, 6.07) is 6.11. The minimum absolute atomic E-state index is 0.278. The zero-order chi connectivity index (χ0) is 17.7. The van der Waals surface area contributed by atoms with Gasteiger partial charge in [-0.15, -0.1) is 0 Å². The molecule has 1 unspecified atom stereocenters. The molecule has 1 aromatic rings. The van der Waals surface area contributed by atoms with Crippen molar-refractivity contribution in [2.24, 2.45) is 4.99 Å². The van der Waals surface area contributed by atoms with Gasteiger partial charge in [0.1, 0.15) is 18.2 Å². The highest BCUT2D eigenvalue weighted by atomic mass is 19.1. The molecule has 7 heteroatoms. The summed E-state index contributed by atoms with van der Waals surface area (Å²) in [4.78, 5) is 4.15. The van der Waals surface area contributed by atoms with Crippen molar-refractivity contribution in [1.82, 2.24) is 10.6 Å². The van der Waals surface area contributed by atoms with Crippen molar-refractivity contribution in [3.63, 3.8) is 0 Å². The Bertz CT molecular complexity index is 522. The molecule has 2 rings (SSSR count). The van der Waals surface area contributed by atoms with Crippen LogP contribution in [0.5, 0.6) is 5.75 Å². The molecule has 1 aliphatic heterocycles. The maximum Gasteiger partial charge on any atom is 0.191 e. The summed E-state index contributed by atoms with van der Waals surface area (Å²) in [6.45, 7) is 4.02. The third kappa shape index (κ3) is 8.18. The summed E-state index contributed by atoms with van der Waals surface area (Å²) in [7, 11) is 1.72. The van der Waals surface area contributed by atoms with Crippen LogP contribution in [0.2, 0.25) is 0 Å². The van der Waals surface area contributed by atoms with Crippen molar-refractivity contribution in [3.05, 3.63) is 30.1 Å². The van der Waals surface area contributed by atoms with Gasteiger partial charge in [-0.2, -0.15) is 0 Å². The van der Waals surface area contributed by atoms with E-state index in [2.05, 4.69) is 15.6 Å². The number of hydrogen-bond acceptors (Lipinski definition) is 4. The predicted octanol–water partition coefficient (Wildman–Crippen LogP) is 1.96. The van der Waals surface area contributed by atoms with E-state index in [4.69, 9.17) is 14.2 Å². The summed E-state index contributed by atoms with van der Waals surface area (Å²) in [6.07, 6.45) is 3.42. The highest BCUT2D eigenvalue weighted by molar-refractivity contribution is 5.79. The normalized spacial score (nSPS) is 17.5. The topological polar surface area (TPSA) is 64.1 Å². The molecule has 1 saturated heterocycles. The molecular formula is C18H28FN3O3. The zero-order valence-corrected chi connectivity index (χ0v) is 14.8. The van der Waals surface area contributed by atoms with E-state index >= 15 is 0 Å². The lowest BCUT2D eigenvalue weighted by Crippen LogP contribution is -2.40. The number of nitrogens with one attached hydrogen (secondary N) is 2. The van der Waals surface area contributed by atoms with Crippen LogP contribution in [-0.2, 0) is 9.47 Å². The van der Waals surface area contributed by atoms with Crippen molar-refractivity contribution in [1.29, 1.82) is 0 Å². The van der Waals surface area contributed by atoms with E-state index in [-0.39, 0.29) is 11.9 Å². The third-order valence-corrected chi connectivity index (χ3v) is 3.77. The molecule has 0 saturated carbocycles. The van der Waals surface area contributed by atoms with E-state index in [0.29, 0.717) is 38.1 Å². The quantitative estimate of drug-likeness (QED) is 0.382. The Morgan fingerprint density at radius 2 is 2.20 bits per heavy atom. The van der Waals surface area contributed by atoms with Gasteiger partial charge in [-0.3, -0.25) is 4.99 Å². The highest BCUT2D eigenvalue weighted by Gasteiger charge is 2.14. The van der Waals surface area contributed by atoms with Gasteiger partial charge in [0.25, 0.3) is 0 Å². The van der Waals surface area contributed by atoms with Crippen LogP contribution in [0.15, 0.2) is 29.3 Å². The number of halogens is 1. The second kappa shape index (κ2) is 11.7. The molecule has 6 nitrogen and oxygen atoms in total. The molecule has 1 fully saturated rings. The largest absolute Gasteiger partial charge is 0.492 e. The standard InChI is InChI=1S/C18H28FN3O3/c1-20-18(21-8-4-10-23-14-17-7-3-11-24-17)22-9-12-25-16-6-2-5-15(19)13-16/h2,5-6,13,17H,3-4,7-12,14H2,1H3,(H2,20,21,22). The molecule has 0 radical (unpaired) electrons. The van der Waals surface area contributed by atoms with E-state index in [1.165, 1.54) is 12.1 Å². The van der Waals surface area contributed by atoms with E-state index in [1.54, 1.807) is 19.2 Å². The molecule has 1 aliphatic rings. The maximum atomic E-state index is 13.0. The van der Waals surface area contributed by atoms with Crippen LogP contribution in [0.3, 0.4) is 0 Å². The minimum Gasteiger partial charge on any atom is -0.492 e. The van der Waals surface area contributed by atoms with Crippen molar-refractivity contribution in [2.75, 3.05) is 46.6 Å². The fourth-order valence-corrected chi connectivity index (χ4v) is 2.49. The molecule has 0 bridgehead atoms. The predicted molar refractivity (Wildman–Crippen MR) is 95.7 cm³/mol. The Labute approximate surface area is 148 Å². The first-order valence-corrected chi connectivity index (χ1v) is 8.80. The monoisotopic (exact) mass is 353 g/mol. The summed E-state index contributed by atoms with van der Waals surface area (Å²) >= 11 is 0. The smallest absolute Gasteiger partial charge is 0.191 e. The molecule has 0 aromatic heterocycles. The molecule has 1 aromatic carbocycles. The summed E-state index contributed by atoms with van der Waals surface area (Å²) in [5, 5.41) is 6.37. The van der Waals surface area contributed by atoms with Gasteiger partial charge in [0, 0.05) is 32.9 Å². The molecule has 2 N–H and O–H groups in total. The van der Waals surface area contributed by atoms with Gasteiger partial charge >= 0.3 is 0 Å². The van der Waals surface area contributed by atoms with E-state index in [0.717, 1.165) is 32.4 Å². The van der Waals surface area contributed by atoms with Crippen molar-refractivity contribution in [3.8, 4) is 5.75 Å². The van der Waals surface area contributed by atoms with E-state index in [1.807, 2.05) is 0 Å². The summed E-state index contributed by atoms with van der Waals surface area (Å²) in [5.41, 5.74) is 0. The number of benzene rings is 1. The number of hydrogen-bond donors (Lipinski definition) is 2. The maximum absolute atomic E-state index is 13.0. The molecule has 0 aliphatic carbocycles. The lowest BCUT2D eigenvalue weighted by atomic mass is 10.2. The minimum atomic E-state index is -0.301. The molecule has 1 heterocycles. The van der Waals surface area contributed by atoms with E-state index in [9.17, 15) is 4.39 Å². The number of rotatable bonds is 10. The van der Waals surface area contributed by atoms with Crippen LogP contribution >= 0.6 is 0 Å². The first-order valence-electron chi connectivity index (χ1n) is 8.80. The van der Waals surface area contributed by atoms with E-state index < -0.39 is 0 Å². The molecular weight excluding hydrogens is 325 g/mol. The number of guanidine groups is 1. The van der Waals surface area contributed by atoms with Crippen LogP contribution < -0.4 is 15.4 Å². The van der Waals surface area contributed by atoms with Gasteiger partial charge in [-0.05, 0) is 31.4 Å². The molecule has 1 atom stereocenters. The van der Waals surface area contributed by atoms with Gasteiger partial charge in [0.05, 0.1) is 19.3 Å². The molecule has 0 amide bonds. The Morgan fingerprint density at radius 3 is 2.96 bits per heavy atom. The first-order chi connectivity index (χ1) is 12.3. The van der Waals surface area contributed by atoms with Crippen LogP contribution in [-0.4, -0.2) is 58.6 Å². The second-order valence-electron chi connectivity index (χ2n) is 5.80. The lowest BCUT2D eigenvalue weighted by Gasteiger charge is -2.13. The van der Waals surface area contributed by atoms with Crippen LogP contribution in [0.25, 0.3) is 0 Å². The summed E-state index contributed by atoms with van der Waals surface area (Å²) < 4.78 is 29.6. The Kier molecular flexibility index (Phi) is 9.07. The van der Waals surface area contributed by atoms with Crippen LogP contribution in [0, 0.1) is 5.82 Å². The highest BCUT2D eigenvalue weighted by Crippen LogP contribution is 2.12. The fraction of sp³-hybridized carbons (Fsp3) is 0.611. The second-order valence-corrected chi connectivity index (χ2v) is 5.80. The average Bonchev–Trinajstić information content (AvgIpc) is 3.13. The van der Waals surface area contributed by atoms with Gasteiger partial charge in [0.2, 0.25) is 0 Å². The Morgan fingerprint density at radius 1 is 1.32 bits per heavy atom. The molecule has 25 heavy (non-hydrogen) atoms. The SMILES string of the molecule is CN=C(NCCCOCC1CCCO1)NCCOc1cccc(F)c1. The lowest BCUT2D eigenvalue weighted by molar-refractivity contribution is 0.0168. The van der Waals surface area contributed by atoms with Crippen molar-refractivity contribution in [2.45, 2.75) is 25.4 Å². The van der Waals surface area contributed by atoms with Gasteiger partial charge in [-0.1, -0.05) is 6.07 Å². The van der Waals surface area contributed by atoms with Crippen LogP contribution in [0.4, 0.5) is 4.39 Å². The number of ether oxygens (including phenoxy) is 3.